The third-order valence-electron chi connectivity index (χ3n) is 3.85. The molecule has 0 rings (SSSR count). The van der Waals surface area contributed by atoms with E-state index in [9.17, 15) is 4.79 Å². The predicted molar refractivity (Wildman–Crippen MR) is 91.8 cm³/mol. The lowest BCUT2D eigenvalue weighted by Gasteiger charge is -2.32. The zero-order valence-corrected chi connectivity index (χ0v) is 14.7. The van der Waals surface area contributed by atoms with Gasteiger partial charge in [0.05, 0.1) is 45.1 Å². The van der Waals surface area contributed by atoms with Crippen LogP contribution in [0.25, 0.3) is 0 Å². The van der Waals surface area contributed by atoms with Crippen LogP contribution in [0.3, 0.4) is 0 Å². The largest absolute Gasteiger partial charge is 0.388 e. The molecule has 0 unspecified atom stereocenters. The molecule has 0 radical (unpaired) electrons. The van der Waals surface area contributed by atoms with Crippen molar-refractivity contribution in [3.63, 3.8) is 0 Å². The van der Waals surface area contributed by atoms with Crippen LogP contribution in [-0.2, 0) is 4.79 Å². The first-order valence-electron chi connectivity index (χ1n) is 7.48. The Morgan fingerprint density at radius 2 is 1.90 bits per heavy atom. The van der Waals surface area contributed by atoms with Gasteiger partial charge < -0.3 is 21.3 Å². The number of aliphatic imine (C=N–C) groups is 1. The van der Waals surface area contributed by atoms with Gasteiger partial charge in [-0.2, -0.15) is 0 Å². The highest BCUT2D eigenvalue weighted by Crippen LogP contribution is 2.00. The van der Waals surface area contributed by atoms with E-state index < -0.39 is 6.04 Å². The summed E-state index contributed by atoms with van der Waals surface area (Å²) in [6, 6.07) is -0.453. The summed E-state index contributed by atoms with van der Waals surface area (Å²) in [7, 11) is 2.19. The molecule has 0 bridgehead atoms. The SMILES string of the molecule is CC[N+](C)(CC)CCNC(=O)[C@H](N)CCCN=C(C)N.Cl. The van der Waals surface area contributed by atoms with Crippen LogP contribution < -0.4 is 16.8 Å². The molecule has 0 saturated heterocycles. The second kappa shape index (κ2) is 11.8. The maximum absolute atomic E-state index is 11.8. The molecule has 0 aliphatic rings. The van der Waals surface area contributed by atoms with Crippen LogP contribution in [0.5, 0.6) is 0 Å². The van der Waals surface area contributed by atoms with Crippen LogP contribution >= 0.6 is 12.4 Å². The van der Waals surface area contributed by atoms with Crippen molar-refractivity contribution in [2.45, 2.75) is 39.7 Å². The van der Waals surface area contributed by atoms with E-state index in [1.165, 1.54) is 0 Å². The molecule has 0 aromatic rings. The van der Waals surface area contributed by atoms with Gasteiger partial charge in [-0.05, 0) is 33.6 Å². The van der Waals surface area contributed by atoms with Gasteiger partial charge in [-0.3, -0.25) is 9.79 Å². The minimum Gasteiger partial charge on any atom is -0.388 e. The molecule has 0 fully saturated rings. The molecular weight excluding hydrogens is 290 g/mol. The Kier molecular flexibility index (Phi) is 12.6. The van der Waals surface area contributed by atoms with Gasteiger partial charge in [-0.25, -0.2) is 0 Å². The Hall–Kier alpha value is -0.850. The van der Waals surface area contributed by atoms with Gasteiger partial charge in [0.2, 0.25) is 5.91 Å². The second-order valence-corrected chi connectivity index (χ2v) is 5.54. The van der Waals surface area contributed by atoms with E-state index in [0.29, 0.717) is 25.3 Å². The number of amides is 1. The third kappa shape index (κ3) is 10.5. The summed E-state index contributed by atoms with van der Waals surface area (Å²) in [5, 5.41) is 2.92. The number of halogens is 1. The van der Waals surface area contributed by atoms with E-state index in [1.54, 1.807) is 6.92 Å². The van der Waals surface area contributed by atoms with Gasteiger partial charge >= 0.3 is 0 Å². The van der Waals surface area contributed by atoms with Crippen LogP contribution in [0, 0.1) is 0 Å². The molecule has 126 valence electrons. The zero-order chi connectivity index (χ0) is 15.6. The van der Waals surface area contributed by atoms with Crippen molar-refractivity contribution >= 4 is 24.1 Å². The number of rotatable bonds is 10. The molecule has 21 heavy (non-hydrogen) atoms. The maximum atomic E-state index is 11.8. The summed E-state index contributed by atoms with van der Waals surface area (Å²) in [5.74, 6) is 0.497. The molecule has 0 saturated carbocycles. The van der Waals surface area contributed by atoms with Gasteiger partial charge in [0.25, 0.3) is 0 Å². The zero-order valence-electron chi connectivity index (χ0n) is 13.9. The summed E-state index contributed by atoms with van der Waals surface area (Å²) in [4.78, 5) is 15.9. The molecular formula is C14H33ClN5O+. The van der Waals surface area contributed by atoms with Crippen molar-refractivity contribution in [1.29, 1.82) is 0 Å². The monoisotopic (exact) mass is 322 g/mol. The van der Waals surface area contributed by atoms with Crippen LogP contribution in [0.4, 0.5) is 0 Å². The normalized spacial score (nSPS) is 13.5. The summed E-state index contributed by atoms with van der Waals surface area (Å²) < 4.78 is 0.958. The minimum absolute atomic E-state index is 0. The Morgan fingerprint density at radius 3 is 2.38 bits per heavy atom. The highest BCUT2D eigenvalue weighted by Gasteiger charge is 2.17. The number of amidine groups is 1. The van der Waals surface area contributed by atoms with Gasteiger partial charge in [0.15, 0.2) is 0 Å². The van der Waals surface area contributed by atoms with Crippen molar-refractivity contribution in [1.82, 2.24) is 5.32 Å². The predicted octanol–water partition coefficient (Wildman–Crippen LogP) is 0.495. The van der Waals surface area contributed by atoms with Crippen molar-refractivity contribution in [3.05, 3.63) is 0 Å². The highest BCUT2D eigenvalue weighted by molar-refractivity contribution is 5.85. The van der Waals surface area contributed by atoms with Crippen molar-refractivity contribution in [2.75, 3.05) is 39.8 Å². The average molecular weight is 323 g/mol. The lowest BCUT2D eigenvalue weighted by atomic mass is 10.1. The molecule has 0 aliphatic carbocycles. The number of likely N-dealkylation sites (N-methyl/N-ethyl adjacent to an activating group) is 1. The first-order chi connectivity index (χ1) is 9.34. The van der Waals surface area contributed by atoms with Crippen LogP contribution in [-0.4, -0.2) is 62.0 Å². The molecule has 0 aromatic heterocycles. The van der Waals surface area contributed by atoms with E-state index in [4.69, 9.17) is 11.5 Å². The Labute approximate surface area is 135 Å². The molecule has 1 atom stereocenters. The summed E-state index contributed by atoms with van der Waals surface area (Å²) in [6.07, 6.45) is 1.41. The first-order valence-corrected chi connectivity index (χ1v) is 7.48. The number of nitrogens with zero attached hydrogens (tertiary/aromatic N) is 2. The number of hydrogen-bond donors (Lipinski definition) is 3. The first kappa shape index (κ1) is 22.4. The number of carbonyl (C=O) groups excluding carboxylic acids is 1. The third-order valence-corrected chi connectivity index (χ3v) is 3.85. The molecule has 6 nitrogen and oxygen atoms in total. The smallest absolute Gasteiger partial charge is 0.237 e. The fourth-order valence-corrected chi connectivity index (χ4v) is 1.82. The van der Waals surface area contributed by atoms with Gasteiger partial charge in [-0.15, -0.1) is 12.4 Å². The van der Waals surface area contributed by atoms with E-state index in [-0.39, 0.29) is 18.3 Å². The summed E-state index contributed by atoms with van der Waals surface area (Å²) >= 11 is 0. The lowest BCUT2D eigenvalue weighted by Crippen LogP contribution is -2.50. The quantitative estimate of drug-likeness (QED) is 0.236. The molecule has 0 aliphatic heterocycles. The molecule has 0 spiro atoms. The number of hydrogen-bond acceptors (Lipinski definition) is 3. The molecule has 1 amide bonds. The van der Waals surface area contributed by atoms with Gasteiger partial charge in [-0.1, -0.05) is 0 Å². The summed E-state index contributed by atoms with van der Waals surface area (Å²) in [5.41, 5.74) is 11.3. The Morgan fingerprint density at radius 1 is 1.33 bits per heavy atom. The average Bonchev–Trinajstić information content (AvgIpc) is 2.42. The lowest BCUT2D eigenvalue weighted by molar-refractivity contribution is -0.904. The Balaban J connectivity index is 0. The van der Waals surface area contributed by atoms with Gasteiger partial charge in [0, 0.05) is 6.54 Å². The van der Waals surface area contributed by atoms with Crippen molar-refractivity contribution < 1.29 is 9.28 Å². The Bertz CT molecular complexity index is 314. The number of carbonyl (C=O) groups is 1. The molecule has 7 heteroatoms. The van der Waals surface area contributed by atoms with Crippen LogP contribution in [0.2, 0.25) is 0 Å². The van der Waals surface area contributed by atoms with Crippen molar-refractivity contribution in [3.8, 4) is 0 Å². The van der Waals surface area contributed by atoms with E-state index in [0.717, 1.165) is 30.5 Å². The highest BCUT2D eigenvalue weighted by atomic mass is 35.5. The van der Waals surface area contributed by atoms with Crippen LogP contribution in [0.1, 0.15) is 33.6 Å². The number of nitrogens with two attached hydrogens (primary N) is 2. The van der Waals surface area contributed by atoms with Crippen molar-refractivity contribution in [2.24, 2.45) is 16.5 Å². The molecule has 5 N–H and O–H groups in total. The number of quaternary nitrogens is 1. The van der Waals surface area contributed by atoms with E-state index >= 15 is 0 Å². The topological polar surface area (TPSA) is 93.5 Å². The fraction of sp³-hybridized carbons (Fsp3) is 0.857. The van der Waals surface area contributed by atoms with E-state index in [1.807, 2.05) is 0 Å². The number of nitrogens with one attached hydrogen (secondary N) is 1. The van der Waals surface area contributed by atoms with Gasteiger partial charge in [0.1, 0.15) is 0 Å². The fourth-order valence-electron chi connectivity index (χ4n) is 1.82. The molecule has 0 aromatic carbocycles. The standard InChI is InChI=1S/C14H31N5O.ClH/c1-5-19(4,6-2)11-10-18-14(20)13(16)8-7-9-17-12(3)15;/h13H,5-11,16H2,1-4H3,(H2-,15,17,18,20);1H/p+1/t13-;/m1./s1. The summed E-state index contributed by atoms with van der Waals surface area (Å²) in [6.45, 7) is 10.4. The molecule has 0 heterocycles. The minimum atomic E-state index is -0.453. The van der Waals surface area contributed by atoms with Crippen LogP contribution in [0.15, 0.2) is 4.99 Å². The van der Waals surface area contributed by atoms with E-state index in [2.05, 4.69) is 31.2 Å². The maximum Gasteiger partial charge on any atom is 0.237 e. The second-order valence-electron chi connectivity index (χ2n) is 5.54.